The van der Waals surface area contributed by atoms with E-state index >= 15 is 0 Å². The van der Waals surface area contributed by atoms with E-state index in [1.807, 2.05) is 13.8 Å². The van der Waals surface area contributed by atoms with Crippen molar-refractivity contribution in [2.24, 2.45) is 11.8 Å². The first kappa shape index (κ1) is 10.0. The van der Waals surface area contributed by atoms with E-state index in [0.717, 1.165) is 19.3 Å². The van der Waals surface area contributed by atoms with Crippen LogP contribution in [0.4, 0.5) is 0 Å². The highest BCUT2D eigenvalue weighted by atomic mass is 16.3. The predicted octanol–water partition coefficient (Wildman–Crippen LogP) is 1.55. The van der Waals surface area contributed by atoms with Crippen LogP contribution in [0, 0.1) is 11.8 Å². The third-order valence-electron chi connectivity index (χ3n) is 3.24. The Bertz CT molecular complexity index is 156. The van der Waals surface area contributed by atoms with Gasteiger partial charge >= 0.3 is 0 Å². The topological polar surface area (TPSA) is 40.5 Å². The van der Waals surface area contributed by atoms with Crippen molar-refractivity contribution in [3.8, 4) is 0 Å². The van der Waals surface area contributed by atoms with Crippen molar-refractivity contribution >= 4 is 0 Å². The van der Waals surface area contributed by atoms with Crippen LogP contribution in [-0.4, -0.2) is 21.9 Å². The van der Waals surface area contributed by atoms with Crippen molar-refractivity contribution in [1.82, 2.24) is 0 Å². The van der Waals surface area contributed by atoms with Crippen molar-refractivity contribution in [3.63, 3.8) is 0 Å². The van der Waals surface area contributed by atoms with E-state index in [-0.39, 0.29) is 5.92 Å². The van der Waals surface area contributed by atoms with Crippen LogP contribution in [0.25, 0.3) is 0 Å². The van der Waals surface area contributed by atoms with E-state index < -0.39 is 11.7 Å². The lowest BCUT2D eigenvalue weighted by atomic mass is 9.72. The zero-order valence-electron chi connectivity index (χ0n) is 8.25. The van der Waals surface area contributed by atoms with Crippen LogP contribution in [0.1, 0.15) is 40.0 Å². The highest BCUT2D eigenvalue weighted by Crippen LogP contribution is 2.36. The predicted molar refractivity (Wildman–Crippen MR) is 48.8 cm³/mol. The van der Waals surface area contributed by atoms with Crippen LogP contribution in [0.2, 0.25) is 0 Å². The van der Waals surface area contributed by atoms with Crippen LogP contribution < -0.4 is 0 Å². The van der Waals surface area contributed by atoms with Gasteiger partial charge in [-0.15, -0.1) is 0 Å². The normalized spacial score (nSPS) is 43.5. The van der Waals surface area contributed by atoms with Gasteiger partial charge in [0.25, 0.3) is 0 Å². The molecule has 72 valence electrons. The fourth-order valence-corrected chi connectivity index (χ4v) is 2.02. The summed E-state index contributed by atoms with van der Waals surface area (Å²) in [5.41, 5.74) is -0.827. The Labute approximate surface area is 74.6 Å². The average molecular weight is 172 g/mol. The van der Waals surface area contributed by atoms with Crippen LogP contribution in [-0.2, 0) is 0 Å². The first-order chi connectivity index (χ1) is 5.47. The molecule has 1 saturated carbocycles. The van der Waals surface area contributed by atoms with Crippen LogP contribution in [0.15, 0.2) is 0 Å². The van der Waals surface area contributed by atoms with Crippen molar-refractivity contribution in [2.45, 2.75) is 51.7 Å². The molecular weight excluding hydrogens is 152 g/mol. The van der Waals surface area contributed by atoms with Gasteiger partial charge in [-0.3, -0.25) is 0 Å². The third-order valence-corrected chi connectivity index (χ3v) is 3.24. The molecule has 0 aliphatic heterocycles. The van der Waals surface area contributed by atoms with Gasteiger partial charge in [0.05, 0.1) is 11.7 Å². The number of hydrogen-bond acceptors (Lipinski definition) is 2. The molecule has 1 fully saturated rings. The molecule has 0 spiro atoms. The second-order valence-electron chi connectivity index (χ2n) is 4.54. The van der Waals surface area contributed by atoms with E-state index in [4.69, 9.17) is 0 Å². The zero-order chi connectivity index (χ0) is 9.35. The Morgan fingerprint density at radius 2 is 2.00 bits per heavy atom. The number of rotatable bonds is 1. The van der Waals surface area contributed by atoms with Gasteiger partial charge in [-0.2, -0.15) is 0 Å². The molecule has 0 aromatic rings. The fourth-order valence-electron chi connectivity index (χ4n) is 2.02. The smallest absolute Gasteiger partial charge is 0.0928 e. The van der Waals surface area contributed by atoms with Crippen molar-refractivity contribution in [3.05, 3.63) is 0 Å². The Morgan fingerprint density at radius 1 is 1.42 bits per heavy atom. The SMILES string of the molecule is CC1CC[C@](O)(C(C)C)[C@H](O)C1. The fraction of sp³-hybridized carbons (Fsp3) is 1.00. The molecule has 2 heteroatoms. The van der Waals surface area contributed by atoms with Gasteiger partial charge in [-0.05, 0) is 31.1 Å². The van der Waals surface area contributed by atoms with Crippen LogP contribution in [0.3, 0.4) is 0 Å². The van der Waals surface area contributed by atoms with Crippen LogP contribution >= 0.6 is 0 Å². The Morgan fingerprint density at radius 3 is 2.42 bits per heavy atom. The van der Waals surface area contributed by atoms with Crippen molar-refractivity contribution < 1.29 is 10.2 Å². The van der Waals surface area contributed by atoms with Crippen LogP contribution in [0.5, 0.6) is 0 Å². The van der Waals surface area contributed by atoms with Gasteiger partial charge in [-0.25, -0.2) is 0 Å². The number of aliphatic hydroxyl groups excluding tert-OH is 1. The monoisotopic (exact) mass is 172 g/mol. The minimum atomic E-state index is -0.827. The molecule has 0 radical (unpaired) electrons. The summed E-state index contributed by atoms with van der Waals surface area (Å²) in [6, 6.07) is 0. The molecule has 1 aliphatic carbocycles. The third kappa shape index (κ3) is 1.64. The van der Waals surface area contributed by atoms with Gasteiger partial charge in [0.15, 0.2) is 0 Å². The average Bonchev–Trinajstić information content (AvgIpc) is 1.97. The Kier molecular flexibility index (Phi) is 2.79. The Hall–Kier alpha value is -0.0800. The molecule has 3 atom stereocenters. The first-order valence-electron chi connectivity index (χ1n) is 4.87. The second-order valence-corrected chi connectivity index (χ2v) is 4.54. The molecule has 1 aliphatic rings. The quantitative estimate of drug-likeness (QED) is 0.630. The number of aliphatic hydroxyl groups is 2. The molecule has 0 heterocycles. The summed E-state index contributed by atoms with van der Waals surface area (Å²) >= 11 is 0. The van der Waals surface area contributed by atoms with Crippen molar-refractivity contribution in [1.29, 1.82) is 0 Å². The standard InChI is InChI=1S/C10H20O2/c1-7(2)10(12)5-4-8(3)6-9(10)11/h7-9,11-12H,4-6H2,1-3H3/t8?,9-,10+/m1/s1. The lowest BCUT2D eigenvalue weighted by molar-refractivity contribution is -0.136. The first-order valence-corrected chi connectivity index (χ1v) is 4.87. The molecular formula is C10H20O2. The molecule has 1 rings (SSSR count). The van der Waals surface area contributed by atoms with E-state index in [1.165, 1.54) is 0 Å². The Balaban J connectivity index is 2.66. The maximum Gasteiger partial charge on any atom is 0.0928 e. The minimum absolute atomic E-state index is 0.153. The minimum Gasteiger partial charge on any atom is -0.390 e. The van der Waals surface area contributed by atoms with E-state index in [0.29, 0.717) is 5.92 Å². The summed E-state index contributed by atoms with van der Waals surface area (Å²) in [5.74, 6) is 0.707. The van der Waals surface area contributed by atoms with E-state index in [9.17, 15) is 10.2 Å². The molecule has 2 nitrogen and oxygen atoms in total. The second kappa shape index (κ2) is 3.35. The van der Waals surface area contributed by atoms with Gasteiger partial charge in [0.2, 0.25) is 0 Å². The molecule has 2 N–H and O–H groups in total. The largest absolute Gasteiger partial charge is 0.390 e. The van der Waals surface area contributed by atoms with E-state index in [2.05, 4.69) is 6.92 Å². The molecule has 0 aromatic carbocycles. The summed E-state index contributed by atoms with van der Waals surface area (Å²) in [6.07, 6.45) is 1.99. The molecule has 0 bridgehead atoms. The zero-order valence-corrected chi connectivity index (χ0v) is 8.25. The van der Waals surface area contributed by atoms with Gasteiger partial charge in [0.1, 0.15) is 0 Å². The highest BCUT2D eigenvalue weighted by Gasteiger charge is 2.42. The summed E-state index contributed by atoms with van der Waals surface area (Å²) < 4.78 is 0. The molecule has 0 saturated heterocycles. The summed E-state index contributed by atoms with van der Waals surface area (Å²) in [5, 5.41) is 19.8. The van der Waals surface area contributed by atoms with Gasteiger partial charge in [-0.1, -0.05) is 20.8 Å². The summed E-state index contributed by atoms with van der Waals surface area (Å²) in [7, 11) is 0. The molecule has 12 heavy (non-hydrogen) atoms. The lowest BCUT2D eigenvalue weighted by Crippen LogP contribution is -2.50. The maximum absolute atomic E-state index is 10.1. The molecule has 0 amide bonds. The summed E-state index contributed by atoms with van der Waals surface area (Å²) in [4.78, 5) is 0. The summed E-state index contributed by atoms with van der Waals surface area (Å²) in [6.45, 7) is 6.07. The van der Waals surface area contributed by atoms with Gasteiger partial charge in [0, 0.05) is 0 Å². The van der Waals surface area contributed by atoms with Gasteiger partial charge < -0.3 is 10.2 Å². The molecule has 1 unspecified atom stereocenters. The number of hydrogen-bond donors (Lipinski definition) is 2. The molecule has 0 aromatic heterocycles. The lowest BCUT2D eigenvalue weighted by Gasteiger charge is -2.42. The highest BCUT2D eigenvalue weighted by molar-refractivity contribution is 4.93. The van der Waals surface area contributed by atoms with E-state index in [1.54, 1.807) is 0 Å². The maximum atomic E-state index is 10.1. The van der Waals surface area contributed by atoms with Crippen molar-refractivity contribution in [2.75, 3.05) is 0 Å².